The van der Waals surface area contributed by atoms with Gasteiger partial charge in [-0.1, -0.05) is 38.5 Å². The van der Waals surface area contributed by atoms with E-state index in [-0.39, 0.29) is 5.69 Å². The van der Waals surface area contributed by atoms with E-state index in [0.29, 0.717) is 20.8 Å². The summed E-state index contributed by atoms with van der Waals surface area (Å²) in [7, 11) is 0. The van der Waals surface area contributed by atoms with E-state index in [1.54, 1.807) is 11.8 Å². The number of aliphatic imine (C=N–C) groups is 1. The first-order chi connectivity index (χ1) is 9.55. The van der Waals surface area contributed by atoms with Crippen LogP contribution in [-0.4, -0.2) is 17.0 Å². The lowest BCUT2D eigenvalue weighted by Gasteiger charge is -2.18. The van der Waals surface area contributed by atoms with Gasteiger partial charge >= 0.3 is 0 Å². The van der Waals surface area contributed by atoms with Crippen LogP contribution in [0.25, 0.3) is 0 Å². The maximum atomic E-state index is 13.8. The standard InChI is InChI=1S/C14H17BrF2N2S/c1-3-8(4-2)12-7-18-14(20-12)19-13-10(15)5-9(16)6-11(13)17/h5-6,8,12H,3-4,7H2,1-2H3,(H,18,19). The minimum atomic E-state index is -0.619. The molecule has 2 nitrogen and oxygen atoms in total. The van der Waals surface area contributed by atoms with E-state index in [1.165, 1.54) is 6.07 Å². The largest absolute Gasteiger partial charge is 0.332 e. The fourth-order valence-electron chi connectivity index (χ4n) is 2.29. The number of thioether (sulfide) groups is 1. The molecular formula is C14H17BrF2N2S. The van der Waals surface area contributed by atoms with E-state index in [4.69, 9.17) is 0 Å². The fourth-order valence-corrected chi connectivity index (χ4v) is 4.12. The van der Waals surface area contributed by atoms with Crippen molar-refractivity contribution in [3.05, 3.63) is 28.2 Å². The number of amidine groups is 1. The van der Waals surface area contributed by atoms with Crippen LogP contribution in [0, 0.1) is 17.6 Å². The molecule has 0 aromatic heterocycles. The molecule has 0 bridgehead atoms. The molecule has 1 aliphatic heterocycles. The number of nitrogens with one attached hydrogen (secondary N) is 1. The second kappa shape index (κ2) is 6.89. The molecule has 0 amide bonds. The summed E-state index contributed by atoms with van der Waals surface area (Å²) < 4.78 is 27.2. The highest BCUT2D eigenvalue weighted by molar-refractivity contribution is 9.10. The summed E-state index contributed by atoms with van der Waals surface area (Å²) in [5.41, 5.74) is 0.239. The highest BCUT2D eigenvalue weighted by Crippen LogP contribution is 2.34. The van der Waals surface area contributed by atoms with Crippen LogP contribution >= 0.6 is 27.7 Å². The Kier molecular flexibility index (Phi) is 5.43. The summed E-state index contributed by atoms with van der Waals surface area (Å²) in [6.45, 7) is 5.10. The maximum Gasteiger partial charge on any atom is 0.161 e. The predicted molar refractivity (Wildman–Crippen MR) is 85.4 cm³/mol. The zero-order valence-corrected chi connectivity index (χ0v) is 13.8. The first kappa shape index (κ1) is 15.8. The molecule has 1 aliphatic rings. The monoisotopic (exact) mass is 362 g/mol. The molecule has 0 radical (unpaired) electrons. The van der Waals surface area contributed by atoms with Gasteiger partial charge in [0, 0.05) is 15.8 Å². The lowest BCUT2D eigenvalue weighted by molar-refractivity contribution is 0.479. The number of hydrogen-bond acceptors (Lipinski definition) is 3. The minimum Gasteiger partial charge on any atom is -0.332 e. The zero-order valence-electron chi connectivity index (χ0n) is 11.4. The van der Waals surface area contributed by atoms with Gasteiger partial charge in [0.15, 0.2) is 11.0 Å². The summed E-state index contributed by atoms with van der Waals surface area (Å²) in [6, 6.07) is 2.11. The summed E-state index contributed by atoms with van der Waals surface area (Å²) in [5, 5.41) is 4.10. The van der Waals surface area contributed by atoms with Crippen molar-refractivity contribution >= 4 is 38.5 Å². The Balaban J connectivity index is 2.06. The second-order valence-corrected chi connectivity index (χ2v) is 6.83. The average Bonchev–Trinajstić information content (AvgIpc) is 2.84. The number of nitrogens with zero attached hydrogens (tertiary/aromatic N) is 1. The molecule has 0 fully saturated rings. The number of rotatable bonds is 4. The van der Waals surface area contributed by atoms with Crippen molar-refractivity contribution in [2.45, 2.75) is 31.9 Å². The van der Waals surface area contributed by atoms with Crippen molar-refractivity contribution in [2.24, 2.45) is 10.9 Å². The Morgan fingerprint density at radius 3 is 2.70 bits per heavy atom. The van der Waals surface area contributed by atoms with Crippen molar-refractivity contribution < 1.29 is 8.78 Å². The highest BCUT2D eigenvalue weighted by atomic mass is 79.9. The van der Waals surface area contributed by atoms with Crippen LogP contribution in [0.3, 0.4) is 0 Å². The van der Waals surface area contributed by atoms with Gasteiger partial charge in [-0.3, -0.25) is 4.99 Å². The maximum absolute atomic E-state index is 13.8. The quantitative estimate of drug-likeness (QED) is 0.810. The summed E-state index contributed by atoms with van der Waals surface area (Å²) in [4.78, 5) is 4.42. The van der Waals surface area contributed by atoms with Gasteiger partial charge in [0.1, 0.15) is 5.82 Å². The molecular weight excluding hydrogens is 346 g/mol. The van der Waals surface area contributed by atoms with Gasteiger partial charge in [0.25, 0.3) is 0 Å². The molecule has 1 aromatic rings. The molecule has 0 saturated carbocycles. The van der Waals surface area contributed by atoms with Crippen LogP contribution in [0.2, 0.25) is 0 Å². The Bertz CT molecular complexity index is 495. The van der Waals surface area contributed by atoms with Crippen molar-refractivity contribution in [3.63, 3.8) is 0 Å². The van der Waals surface area contributed by atoms with E-state index >= 15 is 0 Å². The van der Waals surface area contributed by atoms with Crippen LogP contribution in [0.5, 0.6) is 0 Å². The topological polar surface area (TPSA) is 24.4 Å². The van der Waals surface area contributed by atoms with Gasteiger partial charge in [-0.25, -0.2) is 8.78 Å². The third-order valence-electron chi connectivity index (χ3n) is 3.49. The third kappa shape index (κ3) is 3.52. The summed E-state index contributed by atoms with van der Waals surface area (Å²) in [6.07, 6.45) is 2.23. The van der Waals surface area contributed by atoms with Gasteiger partial charge in [-0.05, 0) is 27.9 Å². The predicted octanol–water partition coefficient (Wildman–Crippen LogP) is 5.05. The van der Waals surface area contributed by atoms with E-state index in [9.17, 15) is 8.78 Å². The first-order valence-electron chi connectivity index (χ1n) is 6.67. The number of anilines is 1. The Morgan fingerprint density at radius 2 is 2.10 bits per heavy atom. The van der Waals surface area contributed by atoms with Crippen molar-refractivity contribution in [2.75, 3.05) is 11.9 Å². The Hall–Kier alpha value is -0.620. The molecule has 1 N–H and O–H groups in total. The number of halogens is 3. The molecule has 2 rings (SSSR count). The fraction of sp³-hybridized carbons (Fsp3) is 0.500. The molecule has 1 atom stereocenters. The summed E-state index contributed by atoms with van der Waals surface area (Å²) >= 11 is 4.81. The van der Waals surface area contributed by atoms with Gasteiger partial charge < -0.3 is 5.32 Å². The third-order valence-corrected chi connectivity index (χ3v) is 5.41. The molecule has 0 spiro atoms. The molecule has 110 valence electrons. The first-order valence-corrected chi connectivity index (χ1v) is 8.35. The molecule has 20 heavy (non-hydrogen) atoms. The van der Waals surface area contributed by atoms with E-state index in [0.717, 1.165) is 25.5 Å². The lowest BCUT2D eigenvalue weighted by Crippen LogP contribution is -2.17. The lowest BCUT2D eigenvalue weighted by atomic mass is 9.99. The smallest absolute Gasteiger partial charge is 0.161 e. The molecule has 1 aromatic carbocycles. The molecule has 6 heteroatoms. The zero-order chi connectivity index (χ0) is 14.7. The molecule has 1 heterocycles. The van der Waals surface area contributed by atoms with Crippen molar-refractivity contribution in [1.29, 1.82) is 0 Å². The van der Waals surface area contributed by atoms with E-state index < -0.39 is 11.6 Å². The Morgan fingerprint density at radius 1 is 1.40 bits per heavy atom. The average molecular weight is 363 g/mol. The second-order valence-electron chi connectivity index (χ2n) is 4.75. The minimum absolute atomic E-state index is 0.239. The molecule has 1 unspecified atom stereocenters. The van der Waals surface area contributed by atoms with Crippen LogP contribution in [-0.2, 0) is 0 Å². The normalized spacial score (nSPS) is 18.5. The SMILES string of the molecule is CCC(CC)C1CN=C(Nc2c(F)cc(F)cc2Br)S1. The molecule has 0 aliphatic carbocycles. The van der Waals surface area contributed by atoms with Crippen LogP contribution in [0.1, 0.15) is 26.7 Å². The van der Waals surface area contributed by atoms with Gasteiger partial charge in [-0.15, -0.1) is 0 Å². The van der Waals surface area contributed by atoms with Crippen LogP contribution in [0.4, 0.5) is 14.5 Å². The molecule has 0 saturated heterocycles. The van der Waals surface area contributed by atoms with E-state index in [1.807, 2.05) is 0 Å². The van der Waals surface area contributed by atoms with Crippen LogP contribution < -0.4 is 5.32 Å². The number of hydrogen-bond donors (Lipinski definition) is 1. The van der Waals surface area contributed by atoms with Gasteiger partial charge in [0.05, 0.1) is 12.2 Å². The highest BCUT2D eigenvalue weighted by Gasteiger charge is 2.26. The van der Waals surface area contributed by atoms with Gasteiger partial charge in [0.2, 0.25) is 0 Å². The van der Waals surface area contributed by atoms with Crippen LogP contribution in [0.15, 0.2) is 21.6 Å². The number of benzene rings is 1. The summed E-state index contributed by atoms with van der Waals surface area (Å²) in [5.74, 6) is -0.605. The van der Waals surface area contributed by atoms with Gasteiger partial charge in [-0.2, -0.15) is 0 Å². The van der Waals surface area contributed by atoms with Crippen molar-refractivity contribution in [1.82, 2.24) is 0 Å². The van der Waals surface area contributed by atoms with Crippen molar-refractivity contribution in [3.8, 4) is 0 Å². The Labute approximate surface area is 130 Å². The van der Waals surface area contributed by atoms with E-state index in [2.05, 4.69) is 40.1 Å².